The van der Waals surface area contributed by atoms with Gasteiger partial charge in [0, 0.05) is 52.0 Å². The number of nitrogens with one attached hydrogen (secondary N) is 3. The van der Waals surface area contributed by atoms with Gasteiger partial charge in [0.25, 0.3) is 0 Å². The van der Waals surface area contributed by atoms with Crippen LogP contribution in [-0.2, 0) is 53.6 Å². The third-order valence-corrected chi connectivity index (χ3v) is 13.9. The molecule has 3 aliphatic heterocycles. The molecular formula is C47H63N9O8. The van der Waals surface area contributed by atoms with Gasteiger partial charge >= 0.3 is 5.69 Å². The third-order valence-electron chi connectivity index (χ3n) is 13.9. The maximum atomic E-state index is 13.9. The van der Waals surface area contributed by atoms with Crippen LogP contribution >= 0.6 is 0 Å². The normalized spacial score (nSPS) is 24.5. The molecule has 7 N–H and O–H groups in total. The predicted octanol–water partition coefficient (Wildman–Crippen LogP) is 2.17. The van der Waals surface area contributed by atoms with Gasteiger partial charge in [-0.2, -0.15) is 0 Å². The molecule has 4 fully saturated rings. The molecule has 1 aromatic heterocycles. The van der Waals surface area contributed by atoms with Crippen molar-refractivity contribution in [1.82, 2.24) is 34.9 Å². The highest BCUT2D eigenvalue weighted by Gasteiger charge is 2.45. The van der Waals surface area contributed by atoms with Crippen molar-refractivity contribution in [2.45, 2.75) is 140 Å². The molecule has 344 valence electrons. The molecule has 7 amide bonds. The van der Waals surface area contributed by atoms with Gasteiger partial charge in [-0.3, -0.25) is 48.0 Å². The smallest absolute Gasteiger partial charge is 0.329 e. The first-order valence-corrected chi connectivity index (χ1v) is 22.9. The molecule has 0 spiro atoms. The number of fused-ring (bicyclic) bond motifs is 2. The van der Waals surface area contributed by atoms with Crippen LogP contribution in [0.5, 0.6) is 0 Å². The number of nitrogens with two attached hydrogens (primary N) is 2. The first-order chi connectivity index (χ1) is 30.6. The zero-order valence-electron chi connectivity index (χ0n) is 37.2. The van der Waals surface area contributed by atoms with Gasteiger partial charge in [-0.25, -0.2) is 4.79 Å². The van der Waals surface area contributed by atoms with E-state index < -0.39 is 53.7 Å². The standard InChI is InChI=1S/C47H63N9O8/c1-27(2)32-11-8-30(9-12-32)25-50-43(60)35(14-18-40(49)57)51-44(61)37-16-13-33-20-21-54(26-34(48)46(63)55(33)37)42(59)24-29-6-4-28(5-7-29)22-31-10-15-36-39(23-31)53(3)47(64)56(36)38-17-19-41(58)52-45(38)62/h8-12,15,23,27-29,33-35,37-38H,4-7,13-14,16-22,24-26,48H2,1-3H3,(H2,49,57)(H,50,60)(H,51,61)(H,52,58,62)/t28?,29?,33-,34+,35+,37+,38?/m1/s1. The fraction of sp³-hybridized carbons (Fsp3) is 0.574. The molecule has 64 heavy (non-hydrogen) atoms. The number of imidazole rings is 1. The molecule has 2 aromatic carbocycles. The lowest BCUT2D eigenvalue weighted by Crippen LogP contribution is -2.60. The van der Waals surface area contributed by atoms with Gasteiger partial charge < -0.3 is 31.9 Å². The molecule has 7 rings (SSSR count). The molecule has 4 heterocycles. The van der Waals surface area contributed by atoms with Gasteiger partial charge in [0.15, 0.2) is 0 Å². The van der Waals surface area contributed by atoms with Crippen LogP contribution in [0.25, 0.3) is 11.0 Å². The second-order valence-electron chi connectivity index (χ2n) is 18.7. The summed E-state index contributed by atoms with van der Waals surface area (Å²) in [7, 11) is 1.69. The van der Waals surface area contributed by atoms with Crippen LogP contribution in [0.2, 0.25) is 0 Å². The minimum atomic E-state index is -1.04. The summed E-state index contributed by atoms with van der Waals surface area (Å²) in [5.41, 5.74) is 16.2. The SMILES string of the molecule is CC(C)c1ccc(CNC(=O)[C@H](CCC(N)=O)NC(=O)[C@@H]2CC[C@@H]3CCN(C(=O)CC4CCC(Cc5ccc6c(c5)n(C)c(=O)n6C5CCC(=O)NC5=O)CC4)C[C@H](N)C(=O)N32)cc1. The van der Waals surface area contributed by atoms with Crippen LogP contribution in [0.1, 0.15) is 120 Å². The van der Waals surface area contributed by atoms with Crippen LogP contribution in [0.15, 0.2) is 47.3 Å². The highest BCUT2D eigenvalue weighted by Crippen LogP contribution is 2.35. The maximum Gasteiger partial charge on any atom is 0.329 e. The van der Waals surface area contributed by atoms with E-state index in [0.717, 1.165) is 48.7 Å². The number of aryl methyl sites for hydroxylation is 1. The van der Waals surface area contributed by atoms with Crippen LogP contribution in [0, 0.1) is 11.8 Å². The molecule has 17 nitrogen and oxygen atoms in total. The lowest BCUT2D eigenvalue weighted by Gasteiger charge is -2.38. The number of amides is 7. The summed E-state index contributed by atoms with van der Waals surface area (Å²) in [5.74, 6) is -1.80. The molecule has 3 aromatic rings. The fourth-order valence-corrected chi connectivity index (χ4v) is 10.2. The number of primary amides is 1. The summed E-state index contributed by atoms with van der Waals surface area (Å²) in [6.07, 6.45) is 6.63. The Balaban J connectivity index is 0.899. The van der Waals surface area contributed by atoms with E-state index in [4.69, 9.17) is 11.5 Å². The highest BCUT2D eigenvalue weighted by atomic mass is 16.2. The van der Waals surface area contributed by atoms with Gasteiger partial charge in [-0.05, 0) is 111 Å². The maximum absolute atomic E-state index is 13.9. The summed E-state index contributed by atoms with van der Waals surface area (Å²) in [6, 6.07) is 9.86. The number of carbonyl (C=O) groups excluding carboxylic acids is 7. The molecule has 1 saturated carbocycles. The lowest BCUT2D eigenvalue weighted by molar-refractivity contribution is -0.145. The summed E-state index contributed by atoms with van der Waals surface area (Å²) < 4.78 is 3.04. The zero-order chi connectivity index (χ0) is 45.8. The lowest BCUT2D eigenvalue weighted by atomic mass is 9.78. The number of benzene rings is 2. The highest BCUT2D eigenvalue weighted by molar-refractivity contribution is 6.00. The molecule has 0 radical (unpaired) electrons. The molecule has 1 aliphatic carbocycles. The van der Waals surface area contributed by atoms with Gasteiger partial charge in [0.2, 0.25) is 41.4 Å². The van der Waals surface area contributed by atoms with E-state index in [1.807, 2.05) is 42.5 Å². The van der Waals surface area contributed by atoms with E-state index >= 15 is 0 Å². The van der Waals surface area contributed by atoms with Crippen molar-refractivity contribution in [3.8, 4) is 0 Å². The van der Waals surface area contributed by atoms with Crippen molar-refractivity contribution in [3.63, 3.8) is 0 Å². The van der Waals surface area contributed by atoms with E-state index in [1.165, 1.54) is 10.1 Å². The number of nitrogens with zero attached hydrogens (tertiary/aromatic N) is 4. The van der Waals surface area contributed by atoms with Crippen LogP contribution < -0.4 is 33.1 Å². The topological polar surface area (TPSA) is 241 Å². The molecular weight excluding hydrogens is 819 g/mol. The van der Waals surface area contributed by atoms with E-state index in [9.17, 15) is 38.4 Å². The quantitative estimate of drug-likeness (QED) is 0.149. The fourth-order valence-electron chi connectivity index (χ4n) is 10.2. The van der Waals surface area contributed by atoms with Crippen molar-refractivity contribution in [1.29, 1.82) is 0 Å². The Bertz CT molecular complexity index is 2330. The number of aromatic nitrogens is 2. The number of carbonyl (C=O) groups is 7. The Morgan fingerprint density at radius 2 is 1.56 bits per heavy atom. The molecule has 17 heteroatoms. The molecule has 0 bridgehead atoms. The summed E-state index contributed by atoms with van der Waals surface area (Å²) in [5, 5.41) is 8.01. The number of rotatable bonds is 14. The molecule has 4 aliphatic rings. The van der Waals surface area contributed by atoms with Gasteiger partial charge in [-0.15, -0.1) is 0 Å². The zero-order valence-corrected chi connectivity index (χ0v) is 37.2. The second-order valence-corrected chi connectivity index (χ2v) is 18.7. The van der Waals surface area contributed by atoms with Gasteiger partial charge in [0.05, 0.1) is 11.0 Å². The van der Waals surface area contributed by atoms with Crippen LogP contribution in [-0.4, -0.2) is 97.5 Å². The third kappa shape index (κ3) is 10.4. The van der Waals surface area contributed by atoms with Gasteiger partial charge in [0.1, 0.15) is 24.2 Å². The van der Waals surface area contributed by atoms with Gasteiger partial charge in [-0.1, -0.05) is 44.2 Å². The minimum Gasteiger partial charge on any atom is -0.370 e. The van der Waals surface area contributed by atoms with E-state index in [0.29, 0.717) is 49.6 Å². The van der Waals surface area contributed by atoms with Crippen molar-refractivity contribution in [3.05, 3.63) is 69.6 Å². The van der Waals surface area contributed by atoms with Crippen molar-refractivity contribution in [2.75, 3.05) is 13.1 Å². The van der Waals surface area contributed by atoms with Crippen LogP contribution in [0.3, 0.4) is 0 Å². The Morgan fingerprint density at radius 3 is 2.25 bits per heavy atom. The van der Waals surface area contributed by atoms with Crippen molar-refractivity contribution < 1.29 is 33.6 Å². The van der Waals surface area contributed by atoms with E-state index in [1.54, 1.807) is 21.4 Å². The minimum absolute atomic E-state index is 0.00574. The number of piperidine rings is 1. The monoisotopic (exact) mass is 881 g/mol. The van der Waals surface area contributed by atoms with Crippen LogP contribution in [0.4, 0.5) is 0 Å². The number of hydrogen-bond acceptors (Lipinski definition) is 9. The largest absolute Gasteiger partial charge is 0.370 e. The van der Waals surface area contributed by atoms with Crippen molar-refractivity contribution >= 4 is 52.4 Å². The van der Waals surface area contributed by atoms with Crippen molar-refractivity contribution in [2.24, 2.45) is 30.4 Å². The first-order valence-electron chi connectivity index (χ1n) is 22.9. The van der Waals surface area contributed by atoms with E-state index in [2.05, 4.69) is 29.8 Å². The Labute approximate surface area is 373 Å². The summed E-state index contributed by atoms with van der Waals surface area (Å²) >= 11 is 0. The molecule has 1 unspecified atom stereocenters. The number of imide groups is 1. The Kier molecular flexibility index (Phi) is 14.4. The summed E-state index contributed by atoms with van der Waals surface area (Å²) in [6.45, 7) is 4.88. The molecule has 3 saturated heterocycles. The molecule has 5 atom stereocenters. The predicted molar refractivity (Wildman–Crippen MR) is 238 cm³/mol. The Morgan fingerprint density at radius 1 is 0.859 bits per heavy atom. The number of hydrogen-bond donors (Lipinski definition) is 5. The van der Waals surface area contributed by atoms with E-state index in [-0.39, 0.29) is 68.2 Å². The second kappa shape index (κ2) is 19.9. The average molecular weight is 882 g/mol. The Hall–Kier alpha value is -5.84. The summed E-state index contributed by atoms with van der Waals surface area (Å²) in [4.78, 5) is 107. The first kappa shape index (κ1) is 46.2. The average Bonchev–Trinajstić information content (AvgIpc) is 3.79.